The van der Waals surface area contributed by atoms with Crippen LogP contribution in [-0.4, -0.2) is 22.1 Å². The van der Waals surface area contributed by atoms with Crippen LogP contribution < -0.4 is 0 Å². The number of fused-ring (bicyclic) bond motifs is 2. The predicted molar refractivity (Wildman–Crippen MR) is 101 cm³/mol. The van der Waals surface area contributed by atoms with Crippen molar-refractivity contribution in [3.8, 4) is 5.75 Å². The molecule has 0 atom stereocenters. The fraction of sp³-hybridized carbons (Fsp3) is 0.250. The Morgan fingerprint density at radius 1 is 1.20 bits per heavy atom. The SMILES string of the molecule is CC1(C)CC(=O)c2sc(N=Cc3c(O)ccc4ccccc34)nc2C1. The number of aromatic nitrogens is 1. The van der Waals surface area contributed by atoms with Crippen molar-refractivity contribution in [1.29, 1.82) is 0 Å². The third-order valence-electron chi connectivity index (χ3n) is 4.48. The number of nitrogens with zero attached hydrogens (tertiary/aromatic N) is 2. The zero-order chi connectivity index (χ0) is 17.6. The van der Waals surface area contributed by atoms with E-state index in [4.69, 9.17) is 0 Å². The Labute approximate surface area is 149 Å². The molecule has 1 aliphatic rings. The Balaban J connectivity index is 1.73. The lowest BCUT2D eigenvalue weighted by Crippen LogP contribution is -2.25. The van der Waals surface area contributed by atoms with E-state index in [0.29, 0.717) is 17.1 Å². The standard InChI is InChI=1S/C20H18N2O2S/c1-20(2)9-15-18(17(24)10-20)25-19(22-15)21-11-14-13-6-4-3-5-12(13)7-8-16(14)23/h3-8,11,23H,9-10H2,1-2H3. The van der Waals surface area contributed by atoms with Gasteiger partial charge in [0.05, 0.1) is 10.6 Å². The van der Waals surface area contributed by atoms with Crippen LogP contribution in [-0.2, 0) is 6.42 Å². The predicted octanol–water partition coefficient (Wildman–Crippen LogP) is 4.91. The smallest absolute Gasteiger partial charge is 0.210 e. The highest BCUT2D eigenvalue weighted by Gasteiger charge is 2.33. The summed E-state index contributed by atoms with van der Waals surface area (Å²) in [6.45, 7) is 4.18. The van der Waals surface area contributed by atoms with E-state index in [2.05, 4.69) is 23.8 Å². The summed E-state index contributed by atoms with van der Waals surface area (Å²) in [6, 6.07) is 11.4. The topological polar surface area (TPSA) is 62.5 Å². The number of aliphatic imine (C=N–C) groups is 1. The van der Waals surface area contributed by atoms with E-state index in [1.165, 1.54) is 11.3 Å². The van der Waals surface area contributed by atoms with Crippen molar-refractivity contribution in [2.24, 2.45) is 10.4 Å². The molecular formula is C20H18N2O2S. The van der Waals surface area contributed by atoms with E-state index in [-0.39, 0.29) is 16.9 Å². The minimum atomic E-state index is -0.0486. The van der Waals surface area contributed by atoms with Crippen molar-refractivity contribution in [2.45, 2.75) is 26.7 Å². The lowest BCUT2D eigenvalue weighted by molar-refractivity contribution is 0.0916. The van der Waals surface area contributed by atoms with Crippen LogP contribution >= 0.6 is 11.3 Å². The molecule has 1 aliphatic carbocycles. The van der Waals surface area contributed by atoms with Crippen LogP contribution in [0.2, 0.25) is 0 Å². The van der Waals surface area contributed by atoms with Gasteiger partial charge in [0, 0.05) is 18.2 Å². The largest absolute Gasteiger partial charge is 0.507 e. The van der Waals surface area contributed by atoms with Crippen LogP contribution in [0.1, 0.15) is 41.2 Å². The number of rotatable bonds is 2. The van der Waals surface area contributed by atoms with Gasteiger partial charge in [-0.05, 0) is 28.7 Å². The minimum absolute atomic E-state index is 0.0486. The molecule has 5 heteroatoms. The van der Waals surface area contributed by atoms with Crippen LogP contribution in [0.25, 0.3) is 10.8 Å². The summed E-state index contributed by atoms with van der Waals surface area (Å²) in [4.78, 5) is 22.0. The zero-order valence-corrected chi connectivity index (χ0v) is 14.9. The van der Waals surface area contributed by atoms with Crippen molar-refractivity contribution >= 4 is 39.2 Å². The van der Waals surface area contributed by atoms with Gasteiger partial charge in [0.2, 0.25) is 5.13 Å². The molecule has 2 aromatic carbocycles. The molecule has 0 spiro atoms. The van der Waals surface area contributed by atoms with Crippen LogP contribution in [0.15, 0.2) is 41.4 Å². The third kappa shape index (κ3) is 2.96. The van der Waals surface area contributed by atoms with Crippen molar-refractivity contribution in [3.05, 3.63) is 52.5 Å². The van der Waals surface area contributed by atoms with Gasteiger partial charge in [-0.25, -0.2) is 9.98 Å². The Hall–Kier alpha value is -2.53. The number of hydrogen-bond donors (Lipinski definition) is 1. The fourth-order valence-corrected chi connectivity index (χ4v) is 4.17. The number of thiazole rings is 1. The summed E-state index contributed by atoms with van der Waals surface area (Å²) in [6.07, 6.45) is 2.98. The highest BCUT2D eigenvalue weighted by atomic mass is 32.1. The number of ketones is 1. The molecule has 0 saturated heterocycles. The first-order valence-corrected chi connectivity index (χ1v) is 9.02. The van der Waals surface area contributed by atoms with Crippen LogP contribution in [0.3, 0.4) is 0 Å². The van der Waals surface area contributed by atoms with Crippen LogP contribution in [0.5, 0.6) is 5.75 Å². The molecule has 0 saturated carbocycles. The first kappa shape index (κ1) is 16.0. The van der Waals surface area contributed by atoms with Gasteiger partial charge >= 0.3 is 0 Å². The molecule has 3 aromatic rings. The van der Waals surface area contributed by atoms with E-state index in [0.717, 1.165) is 27.8 Å². The molecule has 0 bridgehead atoms. The van der Waals surface area contributed by atoms with Crippen molar-refractivity contribution in [2.75, 3.05) is 0 Å². The number of phenols is 1. The van der Waals surface area contributed by atoms with Gasteiger partial charge in [0.1, 0.15) is 5.75 Å². The minimum Gasteiger partial charge on any atom is -0.507 e. The van der Waals surface area contributed by atoms with Gasteiger partial charge < -0.3 is 5.11 Å². The van der Waals surface area contributed by atoms with E-state index < -0.39 is 0 Å². The maximum atomic E-state index is 12.3. The van der Waals surface area contributed by atoms with Gasteiger partial charge in [0.25, 0.3) is 0 Å². The molecule has 126 valence electrons. The molecule has 0 radical (unpaired) electrons. The second-order valence-corrected chi connectivity index (χ2v) is 8.17. The monoisotopic (exact) mass is 350 g/mol. The van der Waals surface area contributed by atoms with Gasteiger partial charge in [-0.15, -0.1) is 0 Å². The molecular weight excluding hydrogens is 332 g/mol. The Kier molecular flexibility index (Phi) is 3.69. The van der Waals surface area contributed by atoms with Crippen molar-refractivity contribution in [1.82, 2.24) is 4.98 Å². The molecule has 0 aliphatic heterocycles. The summed E-state index contributed by atoms with van der Waals surface area (Å²) >= 11 is 1.33. The van der Waals surface area contributed by atoms with Crippen molar-refractivity contribution < 1.29 is 9.90 Å². The maximum absolute atomic E-state index is 12.3. The van der Waals surface area contributed by atoms with Gasteiger partial charge in [-0.2, -0.15) is 0 Å². The highest BCUT2D eigenvalue weighted by Crippen LogP contribution is 2.39. The quantitative estimate of drug-likeness (QED) is 0.668. The summed E-state index contributed by atoms with van der Waals surface area (Å²) in [7, 11) is 0. The summed E-state index contributed by atoms with van der Waals surface area (Å²) in [5, 5.41) is 12.7. The second-order valence-electron chi connectivity index (χ2n) is 7.19. The number of Topliss-reactive ketones (excluding diaryl/α,β-unsaturated/α-hetero) is 1. The lowest BCUT2D eigenvalue weighted by atomic mass is 9.78. The lowest BCUT2D eigenvalue weighted by Gasteiger charge is -2.26. The number of phenolic OH excluding ortho intramolecular Hbond substituents is 1. The molecule has 4 rings (SSSR count). The number of benzene rings is 2. The van der Waals surface area contributed by atoms with E-state index in [1.54, 1.807) is 12.3 Å². The summed E-state index contributed by atoms with van der Waals surface area (Å²) in [5.74, 6) is 0.333. The summed E-state index contributed by atoms with van der Waals surface area (Å²) < 4.78 is 0. The second kappa shape index (κ2) is 5.77. The number of hydrogen-bond acceptors (Lipinski definition) is 5. The average molecular weight is 350 g/mol. The van der Waals surface area contributed by atoms with E-state index in [9.17, 15) is 9.90 Å². The average Bonchev–Trinajstić information content (AvgIpc) is 2.96. The van der Waals surface area contributed by atoms with E-state index in [1.807, 2.05) is 30.3 Å². The molecule has 25 heavy (non-hydrogen) atoms. The van der Waals surface area contributed by atoms with Crippen LogP contribution in [0.4, 0.5) is 5.13 Å². The maximum Gasteiger partial charge on any atom is 0.210 e. The Bertz CT molecular complexity index is 1020. The van der Waals surface area contributed by atoms with Gasteiger partial charge in [0.15, 0.2) is 5.78 Å². The number of aromatic hydroxyl groups is 1. The Morgan fingerprint density at radius 3 is 2.84 bits per heavy atom. The normalized spacial score (nSPS) is 16.5. The molecule has 0 unspecified atom stereocenters. The van der Waals surface area contributed by atoms with Gasteiger partial charge in [-0.1, -0.05) is 55.5 Å². The van der Waals surface area contributed by atoms with Crippen LogP contribution in [0, 0.1) is 5.41 Å². The number of carbonyl (C=O) groups is 1. The molecule has 4 nitrogen and oxygen atoms in total. The highest BCUT2D eigenvalue weighted by molar-refractivity contribution is 7.17. The molecule has 1 N–H and O–H groups in total. The molecule has 1 aromatic heterocycles. The summed E-state index contributed by atoms with van der Waals surface area (Å²) in [5.41, 5.74) is 1.46. The molecule has 0 amide bonds. The molecule has 1 heterocycles. The fourth-order valence-electron chi connectivity index (χ4n) is 3.30. The molecule has 0 fully saturated rings. The number of carbonyl (C=O) groups excluding carboxylic acids is 1. The first-order valence-electron chi connectivity index (χ1n) is 8.21. The Morgan fingerprint density at radius 2 is 2.00 bits per heavy atom. The van der Waals surface area contributed by atoms with Gasteiger partial charge in [-0.3, -0.25) is 4.79 Å². The first-order chi connectivity index (χ1) is 11.9. The zero-order valence-electron chi connectivity index (χ0n) is 14.1. The van der Waals surface area contributed by atoms with E-state index >= 15 is 0 Å². The third-order valence-corrected chi connectivity index (χ3v) is 5.52. The van der Waals surface area contributed by atoms with Crippen molar-refractivity contribution in [3.63, 3.8) is 0 Å².